The summed E-state index contributed by atoms with van der Waals surface area (Å²) < 4.78 is 33.5. The predicted octanol–water partition coefficient (Wildman–Crippen LogP) is 5.26. The quantitative estimate of drug-likeness (QED) is 0.479. The number of hydrogen-bond donors (Lipinski definition) is 1. The molecule has 0 aliphatic carbocycles. The smallest absolute Gasteiger partial charge is 0.347 e. The van der Waals surface area contributed by atoms with Crippen LogP contribution in [-0.2, 0) is 26.7 Å². The monoisotopic (exact) mass is 475 g/mol. The second-order valence-corrected chi connectivity index (χ2v) is 11.8. The summed E-state index contributed by atoms with van der Waals surface area (Å²) in [7, 11) is -3.56. The molecule has 2 rings (SSSR count). The zero-order valence-corrected chi connectivity index (χ0v) is 21.4. The first kappa shape index (κ1) is 26.9. The van der Waals surface area contributed by atoms with Gasteiger partial charge in [-0.25, -0.2) is 13.2 Å². The molecule has 0 aromatic heterocycles. The van der Waals surface area contributed by atoms with Crippen LogP contribution >= 0.6 is 0 Å². The van der Waals surface area contributed by atoms with Crippen LogP contribution in [0.3, 0.4) is 0 Å². The highest BCUT2D eigenvalue weighted by Gasteiger charge is 2.29. The second kappa shape index (κ2) is 10.7. The maximum absolute atomic E-state index is 13.2. The zero-order chi connectivity index (χ0) is 24.9. The number of aryl methyl sites for hydroxylation is 1. The van der Waals surface area contributed by atoms with Crippen LogP contribution in [0.4, 0.5) is 0 Å². The number of nitrogens with zero attached hydrogens (tertiary/aromatic N) is 1. The fourth-order valence-electron chi connectivity index (χ4n) is 3.40. The lowest BCUT2D eigenvalue weighted by Gasteiger charge is -2.23. The van der Waals surface area contributed by atoms with Gasteiger partial charge in [-0.1, -0.05) is 52.0 Å². The Morgan fingerprint density at radius 2 is 1.52 bits per heavy atom. The van der Waals surface area contributed by atoms with E-state index in [1.165, 1.54) is 13.8 Å². The Morgan fingerprint density at radius 1 is 0.939 bits per heavy atom. The van der Waals surface area contributed by atoms with Crippen molar-refractivity contribution in [3.05, 3.63) is 59.7 Å². The third-order valence-electron chi connectivity index (χ3n) is 5.52. The summed E-state index contributed by atoms with van der Waals surface area (Å²) in [5, 5.41) is 9.19. The van der Waals surface area contributed by atoms with Crippen molar-refractivity contribution in [3.63, 3.8) is 0 Å². The number of aliphatic carboxylic acids is 1. The number of sulfonamides is 1. The van der Waals surface area contributed by atoms with Crippen LogP contribution in [0.1, 0.15) is 65.5 Å². The molecular formula is C26H37NO5S. The summed E-state index contributed by atoms with van der Waals surface area (Å²) in [6.07, 6.45) is 2.13. The molecule has 182 valence electrons. The molecule has 1 N–H and O–H groups in total. The van der Waals surface area contributed by atoms with Crippen molar-refractivity contribution in [3.8, 4) is 5.75 Å². The highest BCUT2D eigenvalue weighted by atomic mass is 32.2. The second-order valence-electron chi connectivity index (χ2n) is 9.84. The Kier molecular flexibility index (Phi) is 8.71. The van der Waals surface area contributed by atoms with Crippen LogP contribution in [0, 0.1) is 0 Å². The minimum atomic E-state index is -3.56. The number of benzene rings is 2. The number of carboxylic acid groups (broad SMARTS) is 1. The molecule has 7 heteroatoms. The van der Waals surface area contributed by atoms with Crippen molar-refractivity contribution in [2.24, 2.45) is 0 Å². The van der Waals surface area contributed by atoms with Gasteiger partial charge >= 0.3 is 5.97 Å². The van der Waals surface area contributed by atoms with Gasteiger partial charge in [0.1, 0.15) is 5.75 Å². The van der Waals surface area contributed by atoms with E-state index in [1.807, 2.05) is 31.2 Å². The fourth-order valence-corrected chi connectivity index (χ4v) is 4.97. The SMILES string of the molecule is CCCN(CCCc1ccc(OC(C)(C)C(=O)O)cc1)S(=O)(=O)c1ccc(C(C)(C)C)cc1. The highest BCUT2D eigenvalue weighted by Crippen LogP contribution is 2.25. The number of ether oxygens (including phenoxy) is 1. The Hall–Kier alpha value is -2.38. The highest BCUT2D eigenvalue weighted by molar-refractivity contribution is 7.89. The maximum Gasteiger partial charge on any atom is 0.347 e. The molecule has 33 heavy (non-hydrogen) atoms. The van der Waals surface area contributed by atoms with E-state index in [1.54, 1.807) is 28.6 Å². The number of rotatable bonds is 11. The number of hydrogen-bond acceptors (Lipinski definition) is 4. The van der Waals surface area contributed by atoms with E-state index in [2.05, 4.69) is 20.8 Å². The molecule has 0 aliphatic rings. The van der Waals surface area contributed by atoms with E-state index < -0.39 is 21.6 Å². The van der Waals surface area contributed by atoms with Crippen LogP contribution in [-0.4, -0.2) is 42.5 Å². The van der Waals surface area contributed by atoms with Gasteiger partial charge in [0.25, 0.3) is 0 Å². The lowest BCUT2D eigenvalue weighted by Crippen LogP contribution is -2.37. The van der Waals surface area contributed by atoms with Crippen LogP contribution in [0.25, 0.3) is 0 Å². The van der Waals surface area contributed by atoms with Gasteiger partial charge in [-0.15, -0.1) is 0 Å². The summed E-state index contributed by atoms with van der Waals surface area (Å²) in [4.78, 5) is 11.5. The maximum atomic E-state index is 13.2. The van der Waals surface area contributed by atoms with Crippen LogP contribution in [0.5, 0.6) is 5.75 Å². The van der Waals surface area contributed by atoms with Gasteiger partial charge in [0.2, 0.25) is 10.0 Å². The van der Waals surface area contributed by atoms with Gasteiger partial charge in [-0.3, -0.25) is 0 Å². The molecule has 2 aromatic rings. The van der Waals surface area contributed by atoms with Crippen LogP contribution in [0.2, 0.25) is 0 Å². The molecule has 0 saturated carbocycles. The minimum absolute atomic E-state index is 0.0324. The Labute approximate surface area is 198 Å². The van der Waals surface area contributed by atoms with Gasteiger partial charge in [-0.05, 0) is 73.9 Å². The fraction of sp³-hybridized carbons (Fsp3) is 0.500. The minimum Gasteiger partial charge on any atom is -0.478 e. The predicted molar refractivity (Wildman–Crippen MR) is 131 cm³/mol. The average Bonchev–Trinajstić information content (AvgIpc) is 2.73. The van der Waals surface area contributed by atoms with E-state index in [4.69, 9.17) is 4.74 Å². The van der Waals surface area contributed by atoms with Gasteiger partial charge in [-0.2, -0.15) is 4.31 Å². The van der Waals surface area contributed by atoms with Crippen molar-refractivity contribution < 1.29 is 23.1 Å². The summed E-state index contributed by atoms with van der Waals surface area (Å²) >= 11 is 0. The molecule has 2 aromatic carbocycles. The third-order valence-corrected chi connectivity index (χ3v) is 7.43. The van der Waals surface area contributed by atoms with Crippen LogP contribution < -0.4 is 4.74 Å². The molecule has 0 unspecified atom stereocenters. The molecule has 0 amide bonds. The lowest BCUT2D eigenvalue weighted by atomic mass is 9.87. The largest absolute Gasteiger partial charge is 0.478 e. The first-order chi connectivity index (χ1) is 15.3. The summed E-state index contributed by atoms with van der Waals surface area (Å²) in [6, 6.07) is 14.5. The first-order valence-electron chi connectivity index (χ1n) is 11.4. The zero-order valence-electron chi connectivity index (χ0n) is 20.6. The molecule has 0 fully saturated rings. The standard InChI is InChI=1S/C26H37NO5S/c1-7-18-27(33(30,31)23-16-12-21(13-17-23)25(2,3)4)19-8-9-20-10-14-22(15-11-20)32-26(5,6)24(28)29/h10-17H,7-9,18-19H2,1-6H3,(H,28,29). The van der Waals surface area contributed by atoms with E-state index in [9.17, 15) is 18.3 Å². The molecule has 0 aliphatic heterocycles. The molecule has 0 saturated heterocycles. The van der Waals surface area contributed by atoms with Gasteiger partial charge in [0.05, 0.1) is 4.90 Å². The molecule has 0 atom stereocenters. The van der Waals surface area contributed by atoms with Crippen LogP contribution in [0.15, 0.2) is 53.4 Å². The van der Waals surface area contributed by atoms with Crippen molar-refractivity contribution in [1.29, 1.82) is 0 Å². The Balaban J connectivity index is 2.03. The summed E-state index contributed by atoms with van der Waals surface area (Å²) in [6.45, 7) is 12.2. The van der Waals surface area contributed by atoms with E-state index >= 15 is 0 Å². The Morgan fingerprint density at radius 3 is 2.00 bits per heavy atom. The molecule has 0 heterocycles. The van der Waals surface area contributed by atoms with E-state index in [0.717, 1.165) is 17.5 Å². The Bertz CT molecular complexity index is 1020. The lowest BCUT2D eigenvalue weighted by molar-refractivity contribution is -0.152. The van der Waals surface area contributed by atoms with Crippen molar-refractivity contribution in [2.45, 2.75) is 76.7 Å². The van der Waals surface area contributed by atoms with Gasteiger partial charge < -0.3 is 9.84 Å². The molecule has 0 bridgehead atoms. The summed E-state index contributed by atoms with van der Waals surface area (Å²) in [5.41, 5.74) is 0.804. The molecule has 0 radical (unpaired) electrons. The topological polar surface area (TPSA) is 83.9 Å². The third kappa shape index (κ3) is 7.30. The van der Waals surface area contributed by atoms with Crippen molar-refractivity contribution >= 4 is 16.0 Å². The van der Waals surface area contributed by atoms with Gasteiger partial charge in [0, 0.05) is 13.1 Å². The molecule has 0 spiro atoms. The molecule has 6 nitrogen and oxygen atoms in total. The van der Waals surface area contributed by atoms with E-state index in [-0.39, 0.29) is 5.41 Å². The van der Waals surface area contributed by atoms with Gasteiger partial charge in [0.15, 0.2) is 5.60 Å². The summed E-state index contributed by atoms with van der Waals surface area (Å²) in [5.74, 6) is -0.545. The van der Waals surface area contributed by atoms with Crippen molar-refractivity contribution in [1.82, 2.24) is 4.31 Å². The molecular weight excluding hydrogens is 438 g/mol. The first-order valence-corrected chi connectivity index (χ1v) is 12.8. The average molecular weight is 476 g/mol. The van der Waals surface area contributed by atoms with E-state index in [0.29, 0.717) is 36.6 Å². The normalized spacial score (nSPS) is 12.7. The number of carbonyl (C=O) groups is 1. The van der Waals surface area contributed by atoms with Crippen molar-refractivity contribution in [2.75, 3.05) is 13.1 Å². The number of carboxylic acids is 1.